The van der Waals surface area contributed by atoms with Crippen LogP contribution in [0.1, 0.15) is 19.5 Å². The minimum atomic E-state index is 0.660. The van der Waals surface area contributed by atoms with Gasteiger partial charge in [0.25, 0.3) is 0 Å². The number of nitrogens with one attached hydrogen (secondary N) is 1. The zero-order valence-electron chi connectivity index (χ0n) is 10.9. The lowest BCUT2D eigenvalue weighted by atomic mass is 10.2. The monoisotopic (exact) mass is 254 g/mol. The van der Waals surface area contributed by atoms with Crippen LogP contribution in [-0.4, -0.2) is 49.2 Å². The van der Waals surface area contributed by atoms with Gasteiger partial charge in [-0.25, -0.2) is 4.98 Å². The van der Waals surface area contributed by atoms with Crippen molar-refractivity contribution in [3.05, 3.63) is 11.1 Å². The maximum atomic E-state index is 4.66. The second-order valence-electron chi connectivity index (χ2n) is 4.77. The second kappa shape index (κ2) is 5.80. The minimum Gasteiger partial charge on any atom is -0.346 e. The van der Waals surface area contributed by atoms with E-state index >= 15 is 0 Å². The number of hydrogen-bond donors (Lipinski definition) is 1. The standard InChI is InChI=1S/C12H22N4S/c1-10(2)15-4-6-16(7-5-15)12-14-11(8-13-3)9-17-12/h9-10,13H,4-8H2,1-3H3. The molecule has 0 spiro atoms. The lowest BCUT2D eigenvalue weighted by Crippen LogP contribution is -2.48. The zero-order valence-corrected chi connectivity index (χ0v) is 11.8. The quantitative estimate of drug-likeness (QED) is 0.880. The van der Waals surface area contributed by atoms with Crippen molar-refractivity contribution in [1.82, 2.24) is 15.2 Å². The van der Waals surface area contributed by atoms with Crippen LogP contribution in [0.25, 0.3) is 0 Å². The highest BCUT2D eigenvalue weighted by atomic mass is 32.1. The van der Waals surface area contributed by atoms with Crippen molar-refractivity contribution in [3.63, 3.8) is 0 Å². The molecule has 0 aromatic carbocycles. The van der Waals surface area contributed by atoms with Crippen LogP contribution in [0.3, 0.4) is 0 Å². The first-order chi connectivity index (χ1) is 8.20. The molecular weight excluding hydrogens is 232 g/mol. The van der Waals surface area contributed by atoms with Gasteiger partial charge in [-0.05, 0) is 20.9 Å². The highest BCUT2D eigenvalue weighted by molar-refractivity contribution is 7.13. The first-order valence-corrected chi connectivity index (χ1v) is 7.16. The van der Waals surface area contributed by atoms with Gasteiger partial charge in [-0.3, -0.25) is 4.90 Å². The molecule has 2 rings (SSSR count). The SMILES string of the molecule is CNCc1csc(N2CCN(C(C)C)CC2)n1. The van der Waals surface area contributed by atoms with E-state index in [-0.39, 0.29) is 0 Å². The summed E-state index contributed by atoms with van der Waals surface area (Å²) in [6.07, 6.45) is 0. The van der Waals surface area contributed by atoms with Crippen molar-refractivity contribution in [2.45, 2.75) is 26.4 Å². The fraction of sp³-hybridized carbons (Fsp3) is 0.750. The Morgan fingerprint density at radius 3 is 2.65 bits per heavy atom. The average molecular weight is 254 g/mol. The topological polar surface area (TPSA) is 31.4 Å². The molecule has 0 saturated carbocycles. The molecule has 1 N–H and O–H groups in total. The first-order valence-electron chi connectivity index (χ1n) is 6.28. The van der Waals surface area contributed by atoms with Crippen LogP contribution in [0.5, 0.6) is 0 Å². The Morgan fingerprint density at radius 2 is 2.06 bits per heavy atom. The molecule has 2 heterocycles. The van der Waals surface area contributed by atoms with E-state index < -0.39 is 0 Å². The Kier molecular flexibility index (Phi) is 4.36. The zero-order chi connectivity index (χ0) is 12.3. The molecule has 5 heteroatoms. The summed E-state index contributed by atoms with van der Waals surface area (Å²) in [7, 11) is 1.96. The third-order valence-corrected chi connectivity index (χ3v) is 4.16. The van der Waals surface area contributed by atoms with Gasteiger partial charge in [0.05, 0.1) is 5.69 Å². The maximum absolute atomic E-state index is 4.66. The molecule has 0 radical (unpaired) electrons. The van der Waals surface area contributed by atoms with Gasteiger partial charge in [0.1, 0.15) is 0 Å². The van der Waals surface area contributed by atoms with Gasteiger partial charge >= 0.3 is 0 Å². The summed E-state index contributed by atoms with van der Waals surface area (Å²) >= 11 is 1.76. The van der Waals surface area contributed by atoms with Crippen molar-refractivity contribution in [2.24, 2.45) is 0 Å². The van der Waals surface area contributed by atoms with Crippen LogP contribution in [0, 0.1) is 0 Å². The predicted molar refractivity (Wildman–Crippen MR) is 73.8 cm³/mol. The Labute approximate surface area is 108 Å². The van der Waals surface area contributed by atoms with Crippen LogP contribution in [0.15, 0.2) is 5.38 Å². The molecule has 17 heavy (non-hydrogen) atoms. The molecule has 1 aromatic heterocycles. The average Bonchev–Trinajstić information content (AvgIpc) is 2.78. The molecule has 1 saturated heterocycles. The maximum Gasteiger partial charge on any atom is 0.185 e. The summed E-state index contributed by atoms with van der Waals surface area (Å²) in [6.45, 7) is 9.91. The Balaban J connectivity index is 1.91. The smallest absolute Gasteiger partial charge is 0.185 e. The van der Waals surface area contributed by atoms with E-state index in [4.69, 9.17) is 0 Å². The molecule has 1 fully saturated rings. The number of rotatable bonds is 4. The van der Waals surface area contributed by atoms with Gasteiger partial charge in [0.15, 0.2) is 5.13 Å². The fourth-order valence-electron chi connectivity index (χ4n) is 2.13. The van der Waals surface area contributed by atoms with E-state index in [9.17, 15) is 0 Å². The van der Waals surface area contributed by atoms with Crippen LogP contribution in [-0.2, 0) is 6.54 Å². The van der Waals surface area contributed by atoms with E-state index in [2.05, 4.69) is 39.3 Å². The van der Waals surface area contributed by atoms with Crippen LogP contribution in [0.2, 0.25) is 0 Å². The molecule has 4 nitrogen and oxygen atoms in total. The predicted octanol–water partition coefficient (Wildman–Crippen LogP) is 1.39. The van der Waals surface area contributed by atoms with Gasteiger partial charge in [0, 0.05) is 44.1 Å². The van der Waals surface area contributed by atoms with E-state index in [0.29, 0.717) is 6.04 Å². The lowest BCUT2D eigenvalue weighted by molar-refractivity contribution is 0.209. The summed E-state index contributed by atoms with van der Waals surface area (Å²) < 4.78 is 0. The van der Waals surface area contributed by atoms with Gasteiger partial charge in [-0.1, -0.05) is 0 Å². The number of nitrogens with zero attached hydrogens (tertiary/aromatic N) is 3. The van der Waals surface area contributed by atoms with Crippen molar-refractivity contribution in [2.75, 3.05) is 38.1 Å². The lowest BCUT2D eigenvalue weighted by Gasteiger charge is -2.36. The van der Waals surface area contributed by atoms with Gasteiger partial charge in [-0.2, -0.15) is 0 Å². The summed E-state index contributed by atoms with van der Waals surface area (Å²) in [6, 6.07) is 0.660. The Bertz CT molecular complexity index is 342. The van der Waals surface area contributed by atoms with Crippen LogP contribution in [0.4, 0.5) is 5.13 Å². The van der Waals surface area contributed by atoms with Crippen molar-refractivity contribution in [3.8, 4) is 0 Å². The molecule has 0 aliphatic carbocycles. The fourth-order valence-corrected chi connectivity index (χ4v) is 3.01. The second-order valence-corrected chi connectivity index (χ2v) is 5.61. The highest BCUT2D eigenvalue weighted by Crippen LogP contribution is 2.22. The molecule has 96 valence electrons. The number of aromatic nitrogens is 1. The van der Waals surface area contributed by atoms with Crippen LogP contribution >= 0.6 is 11.3 Å². The van der Waals surface area contributed by atoms with Crippen molar-refractivity contribution < 1.29 is 0 Å². The normalized spacial score (nSPS) is 18.0. The largest absolute Gasteiger partial charge is 0.346 e. The summed E-state index contributed by atoms with van der Waals surface area (Å²) in [5, 5.41) is 6.47. The van der Waals surface area contributed by atoms with E-state index in [1.165, 1.54) is 5.13 Å². The third-order valence-electron chi connectivity index (χ3n) is 3.21. The molecule has 1 aromatic rings. The van der Waals surface area contributed by atoms with Gasteiger partial charge in [-0.15, -0.1) is 11.3 Å². The molecule has 1 aliphatic heterocycles. The highest BCUT2D eigenvalue weighted by Gasteiger charge is 2.20. The Morgan fingerprint density at radius 1 is 1.35 bits per heavy atom. The van der Waals surface area contributed by atoms with Crippen LogP contribution < -0.4 is 10.2 Å². The van der Waals surface area contributed by atoms with Gasteiger partial charge in [0.2, 0.25) is 0 Å². The van der Waals surface area contributed by atoms with E-state index in [1.54, 1.807) is 11.3 Å². The van der Waals surface area contributed by atoms with Crippen molar-refractivity contribution >= 4 is 16.5 Å². The van der Waals surface area contributed by atoms with E-state index in [0.717, 1.165) is 38.4 Å². The molecule has 0 unspecified atom stereocenters. The minimum absolute atomic E-state index is 0.660. The molecule has 1 aliphatic rings. The van der Waals surface area contributed by atoms with E-state index in [1.807, 2.05) is 7.05 Å². The third kappa shape index (κ3) is 3.18. The summed E-state index contributed by atoms with van der Waals surface area (Å²) in [5.74, 6) is 0. The summed E-state index contributed by atoms with van der Waals surface area (Å²) in [5.41, 5.74) is 1.15. The molecule has 0 amide bonds. The molecule has 0 atom stereocenters. The number of hydrogen-bond acceptors (Lipinski definition) is 5. The first kappa shape index (κ1) is 12.8. The summed E-state index contributed by atoms with van der Waals surface area (Å²) in [4.78, 5) is 9.59. The van der Waals surface area contributed by atoms with Gasteiger partial charge < -0.3 is 10.2 Å². The molecular formula is C12H22N4S. The molecule has 0 bridgehead atoms. The van der Waals surface area contributed by atoms with Crippen molar-refractivity contribution in [1.29, 1.82) is 0 Å². The number of anilines is 1. The Hall–Kier alpha value is -0.650. The number of piperazine rings is 1. The number of thiazole rings is 1.